The van der Waals surface area contributed by atoms with E-state index in [1.54, 1.807) is 0 Å². The van der Waals surface area contributed by atoms with Gasteiger partial charge in [0.05, 0.1) is 11.5 Å². The summed E-state index contributed by atoms with van der Waals surface area (Å²) in [6.45, 7) is 4.03. The van der Waals surface area contributed by atoms with E-state index >= 15 is 0 Å². The molecule has 2 rings (SSSR count). The first-order valence-electron chi connectivity index (χ1n) is 6.83. The Morgan fingerprint density at radius 2 is 2.47 bits per heavy atom. The predicted molar refractivity (Wildman–Crippen MR) is 75.5 cm³/mol. The Morgan fingerprint density at radius 3 is 3.16 bits per heavy atom. The smallest absolute Gasteiger partial charge is 0.261 e. The van der Waals surface area contributed by atoms with Gasteiger partial charge < -0.3 is 14.8 Å². The van der Waals surface area contributed by atoms with Crippen molar-refractivity contribution >= 4 is 17.2 Å². The molecule has 0 aliphatic carbocycles. The summed E-state index contributed by atoms with van der Waals surface area (Å²) >= 11 is 1.48. The molecule has 0 spiro atoms. The van der Waals surface area contributed by atoms with Gasteiger partial charge in [-0.2, -0.15) is 0 Å². The summed E-state index contributed by atoms with van der Waals surface area (Å²) < 4.78 is 11.1. The molecule has 0 bridgehead atoms. The van der Waals surface area contributed by atoms with E-state index < -0.39 is 0 Å². The molecular weight excluding hydrogens is 262 g/mol. The van der Waals surface area contributed by atoms with Crippen molar-refractivity contribution in [3.05, 3.63) is 21.9 Å². The molecule has 1 aromatic rings. The number of carbonyl (C=O) groups is 1. The lowest BCUT2D eigenvalue weighted by Gasteiger charge is -2.22. The number of amides is 1. The van der Waals surface area contributed by atoms with Gasteiger partial charge in [0.15, 0.2) is 6.29 Å². The summed E-state index contributed by atoms with van der Waals surface area (Å²) in [5, 5.41) is 4.85. The normalized spacial score (nSPS) is 19.3. The standard InChI is InChI=1S/C14H21NO3S/c1-11-6-10-19-13(11)14(16)15-7-4-9-18-12-5-2-3-8-17-12/h6,10,12H,2-5,7-9H2,1H3,(H,15,16)/t12-/m1/s1. The van der Waals surface area contributed by atoms with Crippen LogP contribution in [-0.4, -0.2) is 32.0 Å². The van der Waals surface area contributed by atoms with Crippen LogP contribution in [0.2, 0.25) is 0 Å². The van der Waals surface area contributed by atoms with Crippen LogP contribution >= 0.6 is 11.3 Å². The number of carbonyl (C=O) groups excluding carboxylic acids is 1. The van der Waals surface area contributed by atoms with E-state index in [9.17, 15) is 4.79 Å². The lowest BCUT2D eigenvalue weighted by atomic mass is 10.2. The molecule has 2 heterocycles. The molecule has 19 heavy (non-hydrogen) atoms. The SMILES string of the molecule is Cc1ccsc1C(=O)NCCCO[C@@H]1CCCCO1. The molecule has 0 radical (unpaired) electrons. The summed E-state index contributed by atoms with van der Waals surface area (Å²) in [6.07, 6.45) is 4.08. The maximum absolute atomic E-state index is 11.8. The van der Waals surface area contributed by atoms with E-state index in [0.717, 1.165) is 36.3 Å². The summed E-state index contributed by atoms with van der Waals surface area (Å²) in [5.41, 5.74) is 1.04. The summed E-state index contributed by atoms with van der Waals surface area (Å²) in [7, 11) is 0. The minimum atomic E-state index is -0.0380. The van der Waals surface area contributed by atoms with Crippen molar-refractivity contribution < 1.29 is 14.3 Å². The van der Waals surface area contributed by atoms with Crippen molar-refractivity contribution in [1.82, 2.24) is 5.32 Å². The Hall–Kier alpha value is -0.910. The van der Waals surface area contributed by atoms with Gasteiger partial charge in [0.2, 0.25) is 0 Å². The molecule has 106 valence electrons. The first kappa shape index (κ1) is 14.5. The second kappa shape index (κ2) is 7.62. The highest BCUT2D eigenvalue weighted by atomic mass is 32.1. The fraction of sp³-hybridized carbons (Fsp3) is 0.643. The van der Waals surface area contributed by atoms with Crippen molar-refractivity contribution in [2.45, 2.75) is 38.9 Å². The number of hydrogen-bond donors (Lipinski definition) is 1. The molecule has 0 saturated carbocycles. The van der Waals surface area contributed by atoms with Crippen LogP contribution in [0.1, 0.15) is 40.9 Å². The number of rotatable bonds is 6. The molecule has 1 fully saturated rings. The minimum absolute atomic E-state index is 0.0152. The molecule has 1 aliphatic heterocycles. The van der Waals surface area contributed by atoms with Crippen LogP contribution in [0.3, 0.4) is 0 Å². The zero-order chi connectivity index (χ0) is 13.5. The molecule has 4 nitrogen and oxygen atoms in total. The Morgan fingerprint density at radius 1 is 1.58 bits per heavy atom. The number of ether oxygens (including phenoxy) is 2. The lowest BCUT2D eigenvalue weighted by Crippen LogP contribution is -2.27. The van der Waals surface area contributed by atoms with Crippen LogP contribution in [0, 0.1) is 6.92 Å². The van der Waals surface area contributed by atoms with Crippen molar-refractivity contribution in [1.29, 1.82) is 0 Å². The fourth-order valence-electron chi connectivity index (χ4n) is 2.02. The van der Waals surface area contributed by atoms with Gasteiger partial charge in [0, 0.05) is 13.2 Å². The van der Waals surface area contributed by atoms with E-state index in [-0.39, 0.29) is 12.2 Å². The third kappa shape index (κ3) is 4.60. The third-order valence-corrected chi connectivity index (χ3v) is 4.13. The van der Waals surface area contributed by atoms with Crippen LogP contribution in [0.15, 0.2) is 11.4 Å². The summed E-state index contributed by atoms with van der Waals surface area (Å²) in [4.78, 5) is 12.6. The van der Waals surface area contributed by atoms with Gasteiger partial charge in [-0.05, 0) is 49.6 Å². The first-order chi connectivity index (χ1) is 9.27. The van der Waals surface area contributed by atoms with Gasteiger partial charge >= 0.3 is 0 Å². The lowest BCUT2D eigenvalue weighted by molar-refractivity contribution is -0.162. The van der Waals surface area contributed by atoms with E-state index in [0.29, 0.717) is 13.2 Å². The van der Waals surface area contributed by atoms with E-state index in [1.165, 1.54) is 17.8 Å². The maximum Gasteiger partial charge on any atom is 0.261 e. The molecule has 1 atom stereocenters. The van der Waals surface area contributed by atoms with Crippen LogP contribution in [0.4, 0.5) is 0 Å². The third-order valence-electron chi connectivity index (χ3n) is 3.12. The van der Waals surface area contributed by atoms with Gasteiger partial charge in [-0.3, -0.25) is 4.79 Å². The van der Waals surface area contributed by atoms with Crippen LogP contribution < -0.4 is 5.32 Å². The highest BCUT2D eigenvalue weighted by Gasteiger charge is 2.13. The fourth-order valence-corrected chi connectivity index (χ4v) is 2.86. The van der Waals surface area contributed by atoms with Crippen LogP contribution in [0.5, 0.6) is 0 Å². The maximum atomic E-state index is 11.8. The summed E-state index contributed by atoms with van der Waals surface area (Å²) in [6, 6.07) is 1.96. The highest BCUT2D eigenvalue weighted by molar-refractivity contribution is 7.12. The van der Waals surface area contributed by atoms with Gasteiger partial charge in [0.25, 0.3) is 5.91 Å². The number of nitrogens with one attached hydrogen (secondary N) is 1. The highest BCUT2D eigenvalue weighted by Crippen LogP contribution is 2.15. The topological polar surface area (TPSA) is 47.6 Å². The number of hydrogen-bond acceptors (Lipinski definition) is 4. The Bertz CT molecular complexity index is 399. The molecule has 0 aromatic carbocycles. The molecule has 1 aromatic heterocycles. The molecule has 5 heteroatoms. The number of aryl methyl sites for hydroxylation is 1. The van der Waals surface area contributed by atoms with Gasteiger partial charge in [-0.1, -0.05) is 0 Å². The first-order valence-corrected chi connectivity index (χ1v) is 7.71. The van der Waals surface area contributed by atoms with Gasteiger partial charge in [0.1, 0.15) is 0 Å². The molecule has 1 N–H and O–H groups in total. The largest absolute Gasteiger partial charge is 0.353 e. The Labute approximate surface area is 118 Å². The quantitative estimate of drug-likeness (QED) is 0.817. The van der Waals surface area contributed by atoms with Crippen LogP contribution in [-0.2, 0) is 9.47 Å². The van der Waals surface area contributed by atoms with E-state index in [4.69, 9.17) is 9.47 Å². The van der Waals surface area contributed by atoms with Gasteiger partial charge in [-0.25, -0.2) is 0 Å². The molecule has 0 unspecified atom stereocenters. The van der Waals surface area contributed by atoms with Crippen LogP contribution in [0.25, 0.3) is 0 Å². The van der Waals surface area contributed by atoms with Crippen molar-refractivity contribution in [3.63, 3.8) is 0 Å². The Kier molecular flexibility index (Phi) is 5.82. The monoisotopic (exact) mass is 283 g/mol. The predicted octanol–water partition coefficient (Wildman–Crippen LogP) is 2.72. The van der Waals surface area contributed by atoms with E-state index in [1.807, 2.05) is 18.4 Å². The zero-order valence-electron chi connectivity index (χ0n) is 11.3. The van der Waals surface area contributed by atoms with Crippen molar-refractivity contribution in [2.75, 3.05) is 19.8 Å². The van der Waals surface area contributed by atoms with Crippen molar-refractivity contribution in [2.24, 2.45) is 0 Å². The van der Waals surface area contributed by atoms with Gasteiger partial charge in [-0.15, -0.1) is 11.3 Å². The Balaban J connectivity index is 1.56. The molecule has 1 amide bonds. The second-order valence-corrected chi connectivity index (χ2v) is 5.63. The zero-order valence-corrected chi connectivity index (χ0v) is 12.1. The second-order valence-electron chi connectivity index (χ2n) is 4.71. The average Bonchev–Trinajstić information content (AvgIpc) is 2.86. The molecule has 1 saturated heterocycles. The minimum Gasteiger partial charge on any atom is -0.353 e. The molecular formula is C14H21NO3S. The summed E-state index contributed by atoms with van der Waals surface area (Å²) in [5.74, 6) is 0.0152. The van der Waals surface area contributed by atoms with Crippen molar-refractivity contribution in [3.8, 4) is 0 Å². The van der Waals surface area contributed by atoms with E-state index in [2.05, 4.69) is 5.32 Å². The average molecular weight is 283 g/mol. The number of thiophene rings is 1. The molecule has 1 aliphatic rings.